The van der Waals surface area contributed by atoms with Crippen LogP contribution >= 0.6 is 12.4 Å². The van der Waals surface area contributed by atoms with E-state index in [0.29, 0.717) is 6.04 Å². The predicted molar refractivity (Wildman–Crippen MR) is 51.5 cm³/mol. The van der Waals surface area contributed by atoms with Gasteiger partial charge in [-0.3, -0.25) is 4.79 Å². The fraction of sp³-hybridized carbons (Fsp3) is 0.875. The summed E-state index contributed by atoms with van der Waals surface area (Å²) >= 11 is 0. The van der Waals surface area contributed by atoms with Crippen molar-refractivity contribution >= 4 is 18.3 Å². The minimum absolute atomic E-state index is 0. The maximum atomic E-state index is 11.2. The molecule has 0 saturated carbocycles. The van der Waals surface area contributed by atoms with Gasteiger partial charge in [-0.05, 0) is 13.0 Å². The van der Waals surface area contributed by atoms with Gasteiger partial charge in [-0.25, -0.2) is 0 Å². The minimum Gasteiger partial charge on any atom is -0.352 e. The van der Waals surface area contributed by atoms with E-state index in [1.165, 1.54) is 0 Å². The molecule has 0 aliphatic carbocycles. The molecule has 12 heavy (non-hydrogen) atoms. The van der Waals surface area contributed by atoms with Crippen LogP contribution in [0.1, 0.15) is 20.3 Å². The summed E-state index contributed by atoms with van der Waals surface area (Å²) in [6, 6.07) is 0.366. The molecule has 1 saturated heterocycles. The Kier molecular flexibility index (Phi) is 5.25. The molecule has 0 spiro atoms. The molecular formula is C8H17ClN2O. The van der Waals surface area contributed by atoms with Crippen LogP contribution in [0.4, 0.5) is 0 Å². The van der Waals surface area contributed by atoms with Crippen LogP contribution in [-0.2, 0) is 4.79 Å². The Morgan fingerprint density at radius 3 is 2.67 bits per heavy atom. The van der Waals surface area contributed by atoms with Crippen molar-refractivity contribution < 1.29 is 4.79 Å². The second-order valence-corrected chi connectivity index (χ2v) is 3.35. The first-order chi connectivity index (χ1) is 5.20. The minimum atomic E-state index is 0. The molecule has 1 rings (SSSR count). The van der Waals surface area contributed by atoms with Gasteiger partial charge < -0.3 is 10.6 Å². The topological polar surface area (TPSA) is 41.1 Å². The number of hydrogen-bond donors (Lipinski definition) is 2. The molecule has 0 radical (unpaired) electrons. The molecule has 4 heteroatoms. The number of nitrogens with one attached hydrogen (secondary N) is 2. The van der Waals surface area contributed by atoms with Gasteiger partial charge >= 0.3 is 0 Å². The Balaban J connectivity index is 0.00000121. The van der Waals surface area contributed by atoms with Gasteiger partial charge in [0, 0.05) is 18.5 Å². The van der Waals surface area contributed by atoms with E-state index in [4.69, 9.17) is 0 Å². The lowest BCUT2D eigenvalue weighted by Crippen LogP contribution is -2.38. The average molecular weight is 193 g/mol. The summed E-state index contributed by atoms with van der Waals surface area (Å²) in [6.45, 7) is 5.79. The largest absolute Gasteiger partial charge is 0.352 e. The van der Waals surface area contributed by atoms with E-state index in [0.717, 1.165) is 19.5 Å². The molecule has 0 aromatic heterocycles. The zero-order valence-electron chi connectivity index (χ0n) is 7.59. The Labute approximate surface area is 79.7 Å². The van der Waals surface area contributed by atoms with E-state index in [9.17, 15) is 4.79 Å². The summed E-state index contributed by atoms with van der Waals surface area (Å²) in [6.07, 6.45) is 1.07. The van der Waals surface area contributed by atoms with Crippen LogP contribution in [0, 0.1) is 5.92 Å². The van der Waals surface area contributed by atoms with Gasteiger partial charge in [0.05, 0.1) is 0 Å². The molecule has 1 fully saturated rings. The van der Waals surface area contributed by atoms with E-state index in [-0.39, 0.29) is 24.2 Å². The van der Waals surface area contributed by atoms with Gasteiger partial charge in [0.1, 0.15) is 0 Å². The molecule has 2 N–H and O–H groups in total. The second-order valence-electron chi connectivity index (χ2n) is 3.35. The fourth-order valence-corrected chi connectivity index (χ4v) is 1.15. The molecule has 0 aromatic carbocycles. The lowest BCUT2D eigenvalue weighted by atomic mass is 10.2. The molecular weight excluding hydrogens is 176 g/mol. The van der Waals surface area contributed by atoms with Crippen molar-refractivity contribution in [3.63, 3.8) is 0 Å². The SMILES string of the molecule is CC(C)C(=O)NC1CCNC1.Cl. The zero-order chi connectivity index (χ0) is 8.27. The van der Waals surface area contributed by atoms with Crippen LogP contribution in [0.5, 0.6) is 0 Å². The maximum absolute atomic E-state index is 11.2. The van der Waals surface area contributed by atoms with Crippen LogP contribution < -0.4 is 10.6 Å². The summed E-state index contributed by atoms with van der Waals surface area (Å²) in [4.78, 5) is 11.2. The highest BCUT2D eigenvalue weighted by molar-refractivity contribution is 5.85. The molecule has 1 heterocycles. The standard InChI is InChI=1S/C8H16N2O.ClH/c1-6(2)8(11)10-7-3-4-9-5-7;/h6-7,9H,3-5H2,1-2H3,(H,10,11);1H. The Morgan fingerprint density at radius 2 is 2.25 bits per heavy atom. The highest BCUT2D eigenvalue weighted by atomic mass is 35.5. The molecule has 1 aliphatic rings. The number of halogens is 1. The number of carbonyl (C=O) groups excluding carboxylic acids is 1. The van der Waals surface area contributed by atoms with E-state index in [1.54, 1.807) is 0 Å². The molecule has 0 aromatic rings. The molecule has 72 valence electrons. The van der Waals surface area contributed by atoms with Crippen LogP contribution in [-0.4, -0.2) is 25.0 Å². The van der Waals surface area contributed by atoms with Crippen LogP contribution in [0.25, 0.3) is 0 Å². The normalized spacial score (nSPS) is 22.1. The summed E-state index contributed by atoms with van der Waals surface area (Å²) in [5, 5.41) is 6.18. The smallest absolute Gasteiger partial charge is 0.222 e. The predicted octanol–water partition coefficient (Wildman–Crippen LogP) is 0.542. The van der Waals surface area contributed by atoms with Gasteiger partial charge in [0.2, 0.25) is 5.91 Å². The lowest BCUT2D eigenvalue weighted by Gasteiger charge is -2.12. The van der Waals surface area contributed by atoms with Crippen molar-refractivity contribution in [1.29, 1.82) is 0 Å². The molecule has 1 amide bonds. The Hall–Kier alpha value is -0.280. The number of hydrogen-bond acceptors (Lipinski definition) is 2. The van der Waals surface area contributed by atoms with Crippen molar-refractivity contribution in [2.75, 3.05) is 13.1 Å². The molecule has 3 nitrogen and oxygen atoms in total. The van der Waals surface area contributed by atoms with Crippen molar-refractivity contribution in [1.82, 2.24) is 10.6 Å². The monoisotopic (exact) mass is 192 g/mol. The maximum Gasteiger partial charge on any atom is 0.222 e. The van der Waals surface area contributed by atoms with Gasteiger partial charge in [-0.1, -0.05) is 13.8 Å². The van der Waals surface area contributed by atoms with Gasteiger partial charge in [-0.15, -0.1) is 12.4 Å². The van der Waals surface area contributed by atoms with Crippen molar-refractivity contribution in [3.05, 3.63) is 0 Å². The summed E-state index contributed by atoms with van der Waals surface area (Å²) in [7, 11) is 0. The third-order valence-corrected chi connectivity index (χ3v) is 1.93. The van der Waals surface area contributed by atoms with Crippen LogP contribution in [0.15, 0.2) is 0 Å². The van der Waals surface area contributed by atoms with E-state index < -0.39 is 0 Å². The van der Waals surface area contributed by atoms with Gasteiger partial charge in [0.25, 0.3) is 0 Å². The number of rotatable bonds is 2. The van der Waals surface area contributed by atoms with E-state index in [1.807, 2.05) is 13.8 Å². The number of carbonyl (C=O) groups is 1. The first-order valence-corrected chi connectivity index (χ1v) is 4.21. The molecule has 1 unspecified atom stereocenters. The van der Waals surface area contributed by atoms with Gasteiger partial charge in [0.15, 0.2) is 0 Å². The highest BCUT2D eigenvalue weighted by Gasteiger charge is 2.17. The summed E-state index contributed by atoms with van der Waals surface area (Å²) in [5.41, 5.74) is 0. The molecule has 1 aliphatic heterocycles. The van der Waals surface area contributed by atoms with Gasteiger partial charge in [-0.2, -0.15) is 0 Å². The van der Waals surface area contributed by atoms with Crippen molar-refractivity contribution in [2.45, 2.75) is 26.3 Å². The summed E-state index contributed by atoms with van der Waals surface area (Å²) < 4.78 is 0. The number of amides is 1. The Bertz CT molecular complexity index is 144. The lowest BCUT2D eigenvalue weighted by molar-refractivity contribution is -0.124. The Morgan fingerprint density at radius 1 is 1.58 bits per heavy atom. The third-order valence-electron chi connectivity index (χ3n) is 1.93. The van der Waals surface area contributed by atoms with E-state index >= 15 is 0 Å². The van der Waals surface area contributed by atoms with E-state index in [2.05, 4.69) is 10.6 Å². The third kappa shape index (κ3) is 3.41. The fourth-order valence-electron chi connectivity index (χ4n) is 1.15. The molecule has 0 bridgehead atoms. The van der Waals surface area contributed by atoms with Crippen LogP contribution in [0.2, 0.25) is 0 Å². The zero-order valence-corrected chi connectivity index (χ0v) is 8.41. The molecule has 1 atom stereocenters. The van der Waals surface area contributed by atoms with Crippen molar-refractivity contribution in [2.24, 2.45) is 5.92 Å². The quantitative estimate of drug-likeness (QED) is 0.671. The second kappa shape index (κ2) is 5.38. The van der Waals surface area contributed by atoms with Crippen LogP contribution in [0.3, 0.4) is 0 Å². The first kappa shape index (κ1) is 11.7. The highest BCUT2D eigenvalue weighted by Crippen LogP contribution is 1.99. The average Bonchev–Trinajstić information content (AvgIpc) is 2.39. The van der Waals surface area contributed by atoms with Crippen molar-refractivity contribution in [3.8, 4) is 0 Å². The summed E-state index contributed by atoms with van der Waals surface area (Å²) in [5.74, 6) is 0.273. The first-order valence-electron chi connectivity index (χ1n) is 4.21.